The Hall–Kier alpha value is -1.44. The average molecular weight is 215 g/mol. The molecule has 0 saturated carbocycles. The number of carbonyl (C=O) groups excluding carboxylic acids is 1. The van der Waals surface area contributed by atoms with Gasteiger partial charge < -0.3 is 0 Å². The topological polar surface area (TPSA) is 30.0 Å². The lowest BCUT2D eigenvalue weighted by Gasteiger charge is -2.04. The second-order valence-corrected chi connectivity index (χ2v) is 4.32. The third-order valence-corrected chi connectivity index (χ3v) is 2.95. The van der Waals surface area contributed by atoms with Gasteiger partial charge in [0.2, 0.25) is 5.78 Å². The molecule has 0 aromatic carbocycles. The lowest BCUT2D eigenvalue weighted by molar-refractivity contribution is 0.102. The first-order chi connectivity index (χ1) is 7.77. The van der Waals surface area contributed by atoms with Crippen LogP contribution in [0.3, 0.4) is 0 Å². The average Bonchev–Trinajstić information content (AvgIpc) is 2.56. The van der Waals surface area contributed by atoms with Gasteiger partial charge in [0.1, 0.15) is 5.69 Å². The van der Waals surface area contributed by atoms with E-state index < -0.39 is 0 Å². The number of rotatable bonds is 2. The number of aromatic nitrogens is 1. The number of hydrogen-bond acceptors (Lipinski definition) is 2. The van der Waals surface area contributed by atoms with E-state index in [0.29, 0.717) is 5.69 Å². The first-order valence-corrected chi connectivity index (χ1v) is 5.95. The van der Waals surface area contributed by atoms with E-state index in [1.54, 1.807) is 6.07 Å². The molecule has 2 heteroatoms. The summed E-state index contributed by atoms with van der Waals surface area (Å²) < 4.78 is 0. The Kier molecular flexibility index (Phi) is 3.50. The number of pyridine rings is 1. The van der Waals surface area contributed by atoms with Crippen molar-refractivity contribution in [3.63, 3.8) is 0 Å². The number of nitrogens with zero attached hydrogens (tertiary/aromatic N) is 1. The van der Waals surface area contributed by atoms with Crippen LogP contribution in [0.2, 0.25) is 0 Å². The van der Waals surface area contributed by atoms with Crippen molar-refractivity contribution in [1.82, 2.24) is 4.98 Å². The van der Waals surface area contributed by atoms with Gasteiger partial charge in [0.15, 0.2) is 0 Å². The summed E-state index contributed by atoms with van der Waals surface area (Å²) in [5.74, 6) is 0.116. The van der Waals surface area contributed by atoms with E-state index in [4.69, 9.17) is 0 Å². The predicted octanol–water partition coefficient (Wildman–Crippen LogP) is 3.46. The van der Waals surface area contributed by atoms with Gasteiger partial charge in [0, 0.05) is 5.69 Å². The number of Topliss-reactive ketones (excluding diaryl/α,β-unsaturated/α-hetero) is 1. The fraction of sp³-hybridized carbons (Fsp3) is 0.429. The minimum atomic E-state index is 0.116. The predicted molar refractivity (Wildman–Crippen MR) is 64.5 cm³/mol. The van der Waals surface area contributed by atoms with E-state index in [1.807, 2.05) is 19.1 Å². The molecule has 0 N–H and O–H groups in total. The quantitative estimate of drug-likeness (QED) is 0.707. The normalized spacial score (nSPS) is 16.4. The van der Waals surface area contributed by atoms with Crippen LogP contribution < -0.4 is 0 Å². The van der Waals surface area contributed by atoms with Crippen molar-refractivity contribution in [3.05, 3.63) is 41.2 Å². The van der Waals surface area contributed by atoms with E-state index in [2.05, 4.69) is 11.1 Å². The highest BCUT2D eigenvalue weighted by Crippen LogP contribution is 2.20. The highest BCUT2D eigenvalue weighted by atomic mass is 16.1. The highest BCUT2D eigenvalue weighted by Gasteiger charge is 2.14. The number of hydrogen-bond donors (Lipinski definition) is 0. The van der Waals surface area contributed by atoms with Gasteiger partial charge >= 0.3 is 0 Å². The summed E-state index contributed by atoms with van der Waals surface area (Å²) in [5.41, 5.74) is 2.45. The molecular weight excluding hydrogens is 198 g/mol. The Balaban J connectivity index is 2.21. The summed E-state index contributed by atoms with van der Waals surface area (Å²) in [4.78, 5) is 16.5. The van der Waals surface area contributed by atoms with Crippen LogP contribution >= 0.6 is 0 Å². The molecule has 0 amide bonds. The minimum Gasteiger partial charge on any atom is -0.287 e. The van der Waals surface area contributed by atoms with Gasteiger partial charge in [0.05, 0.1) is 0 Å². The van der Waals surface area contributed by atoms with Gasteiger partial charge in [-0.1, -0.05) is 18.6 Å². The number of aryl methyl sites for hydroxylation is 1. The molecule has 1 aromatic rings. The van der Waals surface area contributed by atoms with Crippen molar-refractivity contribution in [3.8, 4) is 0 Å². The van der Waals surface area contributed by atoms with Gasteiger partial charge in [-0.2, -0.15) is 0 Å². The Morgan fingerprint density at radius 2 is 2.12 bits per heavy atom. The van der Waals surface area contributed by atoms with E-state index in [1.165, 1.54) is 12.8 Å². The molecule has 16 heavy (non-hydrogen) atoms. The standard InChI is InChI=1S/C14H17NO/c1-11-7-6-10-13(15-11)14(16)12-8-4-2-3-5-9-12/h6-8,10H,2-5,9H2,1H3. The molecule has 0 aliphatic heterocycles. The molecule has 84 valence electrons. The van der Waals surface area contributed by atoms with Crippen molar-refractivity contribution in [2.45, 2.75) is 39.0 Å². The Bertz CT molecular complexity index is 420. The van der Waals surface area contributed by atoms with Crippen LogP contribution in [0.15, 0.2) is 29.8 Å². The third kappa shape index (κ3) is 2.57. The van der Waals surface area contributed by atoms with E-state index in [9.17, 15) is 4.79 Å². The molecule has 0 bridgehead atoms. The Morgan fingerprint density at radius 3 is 2.94 bits per heavy atom. The summed E-state index contributed by atoms with van der Waals surface area (Å²) >= 11 is 0. The highest BCUT2D eigenvalue weighted by molar-refractivity contribution is 6.07. The SMILES string of the molecule is Cc1cccc(C(=O)C2=CCCCCC2)n1. The molecule has 1 aliphatic rings. The molecule has 0 saturated heterocycles. The smallest absolute Gasteiger partial charge is 0.207 e. The first-order valence-electron chi connectivity index (χ1n) is 5.95. The van der Waals surface area contributed by atoms with Crippen molar-refractivity contribution in [1.29, 1.82) is 0 Å². The summed E-state index contributed by atoms with van der Waals surface area (Å²) in [7, 11) is 0. The molecule has 1 heterocycles. The van der Waals surface area contributed by atoms with Crippen LogP contribution in [0.4, 0.5) is 0 Å². The van der Waals surface area contributed by atoms with Crippen molar-refractivity contribution in [2.24, 2.45) is 0 Å². The minimum absolute atomic E-state index is 0.116. The van der Waals surface area contributed by atoms with Crippen molar-refractivity contribution in [2.75, 3.05) is 0 Å². The molecule has 0 radical (unpaired) electrons. The molecule has 0 spiro atoms. The summed E-state index contributed by atoms with van der Waals surface area (Å²) in [6.07, 6.45) is 7.61. The van der Waals surface area contributed by atoms with E-state index >= 15 is 0 Å². The molecule has 0 atom stereocenters. The maximum Gasteiger partial charge on any atom is 0.207 e. The van der Waals surface area contributed by atoms with E-state index in [-0.39, 0.29) is 5.78 Å². The second kappa shape index (κ2) is 5.06. The van der Waals surface area contributed by atoms with Crippen LogP contribution in [0.5, 0.6) is 0 Å². The van der Waals surface area contributed by atoms with Gasteiger partial charge in [-0.15, -0.1) is 0 Å². The zero-order chi connectivity index (χ0) is 11.4. The number of carbonyl (C=O) groups is 1. The maximum atomic E-state index is 12.2. The van der Waals surface area contributed by atoms with Gasteiger partial charge in [0.25, 0.3) is 0 Å². The largest absolute Gasteiger partial charge is 0.287 e. The van der Waals surface area contributed by atoms with Crippen LogP contribution in [-0.2, 0) is 0 Å². The van der Waals surface area contributed by atoms with Crippen LogP contribution in [0, 0.1) is 6.92 Å². The van der Waals surface area contributed by atoms with Crippen molar-refractivity contribution >= 4 is 5.78 Å². The first kappa shape index (κ1) is 11.1. The lowest BCUT2D eigenvalue weighted by Crippen LogP contribution is -2.06. The van der Waals surface area contributed by atoms with Crippen LogP contribution in [0.1, 0.15) is 48.3 Å². The summed E-state index contributed by atoms with van der Waals surface area (Å²) in [6, 6.07) is 5.62. The summed E-state index contributed by atoms with van der Waals surface area (Å²) in [6.45, 7) is 1.91. The Labute approximate surface area is 96.4 Å². The van der Waals surface area contributed by atoms with Crippen molar-refractivity contribution < 1.29 is 4.79 Å². The fourth-order valence-corrected chi connectivity index (χ4v) is 2.06. The van der Waals surface area contributed by atoms with Gasteiger partial charge in [-0.3, -0.25) is 4.79 Å². The van der Waals surface area contributed by atoms with Crippen LogP contribution in [0.25, 0.3) is 0 Å². The van der Waals surface area contributed by atoms with E-state index in [0.717, 1.165) is 30.5 Å². The van der Waals surface area contributed by atoms with Gasteiger partial charge in [-0.05, 0) is 50.3 Å². The lowest BCUT2D eigenvalue weighted by atomic mass is 10.0. The monoisotopic (exact) mass is 215 g/mol. The summed E-state index contributed by atoms with van der Waals surface area (Å²) in [5, 5.41) is 0. The fourth-order valence-electron chi connectivity index (χ4n) is 2.06. The molecule has 2 rings (SSSR count). The molecule has 1 aromatic heterocycles. The zero-order valence-electron chi connectivity index (χ0n) is 9.70. The molecule has 0 unspecified atom stereocenters. The Morgan fingerprint density at radius 1 is 1.25 bits per heavy atom. The molecular formula is C14H17NO. The molecule has 2 nitrogen and oxygen atoms in total. The van der Waals surface area contributed by atoms with Crippen LogP contribution in [-0.4, -0.2) is 10.8 Å². The maximum absolute atomic E-state index is 12.2. The van der Waals surface area contributed by atoms with Gasteiger partial charge in [-0.25, -0.2) is 4.98 Å². The molecule has 1 aliphatic carbocycles. The zero-order valence-corrected chi connectivity index (χ0v) is 9.70. The molecule has 0 fully saturated rings. The number of ketones is 1. The number of allylic oxidation sites excluding steroid dienone is 2. The third-order valence-electron chi connectivity index (χ3n) is 2.95. The second-order valence-electron chi connectivity index (χ2n) is 4.32.